The molecule has 0 saturated carbocycles. The van der Waals surface area contributed by atoms with Gasteiger partial charge in [-0.2, -0.15) is 0 Å². The van der Waals surface area contributed by atoms with E-state index in [1.54, 1.807) is 0 Å². The number of rotatable bonds is 5. The van der Waals surface area contributed by atoms with E-state index in [1.807, 2.05) is 0 Å². The summed E-state index contributed by atoms with van der Waals surface area (Å²) >= 11 is 5.51. The molecule has 0 fully saturated rings. The number of aliphatic carboxylic acids is 1. The quantitative estimate of drug-likeness (QED) is 0.650. The second kappa shape index (κ2) is 5.44. The molecule has 0 atom stereocenters. The van der Waals surface area contributed by atoms with Gasteiger partial charge in [0.05, 0.1) is 18.0 Å². The highest BCUT2D eigenvalue weighted by Gasteiger charge is 2.21. The van der Waals surface area contributed by atoms with Crippen LogP contribution >= 0.6 is 11.6 Å². The van der Waals surface area contributed by atoms with Crippen LogP contribution in [0.15, 0.2) is 12.1 Å². The van der Waals surface area contributed by atoms with E-state index in [9.17, 15) is 19.3 Å². The Morgan fingerprint density at radius 2 is 2.24 bits per heavy atom. The fourth-order valence-corrected chi connectivity index (χ4v) is 1.26. The third kappa shape index (κ3) is 3.28. The number of nitrogens with zero attached hydrogens (tertiary/aromatic N) is 1. The predicted molar refractivity (Wildman–Crippen MR) is 55.8 cm³/mol. The van der Waals surface area contributed by atoms with E-state index in [4.69, 9.17) is 21.4 Å². The summed E-state index contributed by atoms with van der Waals surface area (Å²) in [6, 6.07) is 1.74. The zero-order valence-electron chi connectivity index (χ0n) is 8.35. The van der Waals surface area contributed by atoms with Gasteiger partial charge in [-0.3, -0.25) is 14.9 Å². The predicted octanol–water partition coefficient (Wildman–Crippen LogP) is 2.24. The number of benzene rings is 1. The van der Waals surface area contributed by atoms with Crippen molar-refractivity contribution in [3.8, 4) is 5.75 Å². The maximum Gasteiger partial charge on any atom is 0.312 e. The van der Waals surface area contributed by atoms with E-state index < -0.39 is 33.2 Å². The summed E-state index contributed by atoms with van der Waals surface area (Å²) < 4.78 is 17.9. The maximum absolute atomic E-state index is 13.1. The molecule has 6 nitrogen and oxygen atoms in total. The Balaban J connectivity index is 2.98. The molecule has 0 aliphatic carbocycles. The number of carbonyl (C=O) groups is 1. The lowest BCUT2D eigenvalue weighted by molar-refractivity contribution is -0.385. The number of carboxylic acid groups (broad SMARTS) is 1. The van der Waals surface area contributed by atoms with Crippen LogP contribution in [0.4, 0.5) is 10.1 Å². The fraction of sp³-hybridized carbons (Fsp3) is 0.222. The second-order valence-corrected chi connectivity index (χ2v) is 3.34. The standard InChI is InChI=1S/C9H7ClFNO5/c10-8-5(11)1-2-6(12(15)16)9(8)17-4-3-7(13)14/h1-2H,3-4H2,(H,13,14). The van der Waals surface area contributed by atoms with Crippen LogP contribution in [0, 0.1) is 15.9 Å². The zero-order valence-corrected chi connectivity index (χ0v) is 9.11. The molecule has 0 aliphatic heterocycles. The Labute approximate surface area is 99.7 Å². The SMILES string of the molecule is O=C(O)CCOc1c([N+](=O)[O-])ccc(F)c1Cl. The lowest BCUT2D eigenvalue weighted by atomic mass is 10.3. The van der Waals surface area contributed by atoms with Crippen LogP contribution in [-0.2, 0) is 4.79 Å². The Kier molecular flexibility index (Phi) is 4.22. The molecular weight excluding hydrogens is 257 g/mol. The van der Waals surface area contributed by atoms with Gasteiger partial charge in [0, 0.05) is 6.07 Å². The monoisotopic (exact) mass is 263 g/mol. The van der Waals surface area contributed by atoms with Gasteiger partial charge in [-0.15, -0.1) is 0 Å². The first-order chi connectivity index (χ1) is 7.93. The molecule has 0 bridgehead atoms. The van der Waals surface area contributed by atoms with Crippen LogP contribution in [0.1, 0.15) is 6.42 Å². The highest BCUT2D eigenvalue weighted by Crippen LogP contribution is 2.36. The first-order valence-corrected chi connectivity index (χ1v) is 4.78. The highest BCUT2D eigenvalue weighted by atomic mass is 35.5. The number of nitro benzene ring substituents is 1. The van der Waals surface area contributed by atoms with Crippen molar-refractivity contribution in [2.75, 3.05) is 6.61 Å². The molecule has 0 aromatic heterocycles. The summed E-state index contributed by atoms with van der Waals surface area (Å²) in [7, 11) is 0. The lowest BCUT2D eigenvalue weighted by Crippen LogP contribution is -2.07. The number of halogens is 2. The summed E-state index contributed by atoms with van der Waals surface area (Å²) in [5.41, 5.74) is -0.512. The van der Waals surface area contributed by atoms with E-state index in [0.717, 1.165) is 12.1 Å². The van der Waals surface area contributed by atoms with E-state index in [2.05, 4.69) is 0 Å². The van der Waals surface area contributed by atoms with E-state index in [-0.39, 0.29) is 13.0 Å². The number of hydrogen-bond donors (Lipinski definition) is 1. The molecule has 0 saturated heterocycles. The van der Waals surface area contributed by atoms with Crippen molar-refractivity contribution < 1.29 is 24.0 Å². The normalized spacial score (nSPS) is 10.0. The van der Waals surface area contributed by atoms with Crippen molar-refractivity contribution in [1.29, 1.82) is 0 Å². The van der Waals surface area contributed by atoms with Gasteiger partial charge >= 0.3 is 11.7 Å². The van der Waals surface area contributed by atoms with Crippen molar-refractivity contribution in [3.63, 3.8) is 0 Å². The molecule has 0 unspecified atom stereocenters. The van der Waals surface area contributed by atoms with Gasteiger partial charge in [-0.25, -0.2) is 4.39 Å². The van der Waals surface area contributed by atoms with Crippen LogP contribution < -0.4 is 4.74 Å². The maximum atomic E-state index is 13.1. The minimum atomic E-state index is -1.14. The average molecular weight is 264 g/mol. The van der Waals surface area contributed by atoms with Crippen LogP contribution in [0.3, 0.4) is 0 Å². The van der Waals surface area contributed by atoms with Crippen molar-refractivity contribution in [3.05, 3.63) is 33.1 Å². The summed E-state index contributed by atoms with van der Waals surface area (Å²) in [6.07, 6.45) is -0.371. The van der Waals surface area contributed by atoms with Crippen LogP contribution in [0.25, 0.3) is 0 Å². The molecule has 8 heteroatoms. The first-order valence-electron chi connectivity index (χ1n) is 4.40. The smallest absolute Gasteiger partial charge is 0.312 e. The molecule has 17 heavy (non-hydrogen) atoms. The van der Waals surface area contributed by atoms with Crippen LogP contribution in [0.2, 0.25) is 5.02 Å². The summed E-state index contributed by atoms with van der Waals surface area (Å²) in [6.45, 7) is -0.334. The summed E-state index contributed by atoms with van der Waals surface area (Å²) in [5, 5.41) is 18.4. The number of hydrogen-bond acceptors (Lipinski definition) is 4. The molecule has 1 N–H and O–H groups in total. The average Bonchev–Trinajstić information content (AvgIpc) is 2.23. The fourth-order valence-electron chi connectivity index (χ4n) is 1.04. The third-order valence-electron chi connectivity index (χ3n) is 1.79. The van der Waals surface area contributed by atoms with Crippen molar-refractivity contribution in [2.45, 2.75) is 6.42 Å². The topological polar surface area (TPSA) is 89.7 Å². The van der Waals surface area contributed by atoms with Gasteiger partial charge in [0.2, 0.25) is 5.75 Å². The summed E-state index contributed by atoms with van der Waals surface area (Å²) in [4.78, 5) is 20.1. The Hall–Kier alpha value is -1.89. The summed E-state index contributed by atoms with van der Waals surface area (Å²) in [5.74, 6) is -2.47. The number of carboxylic acids is 1. The second-order valence-electron chi connectivity index (χ2n) is 2.96. The molecule has 0 heterocycles. The minimum absolute atomic E-state index is 0.334. The molecule has 1 aromatic rings. The highest BCUT2D eigenvalue weighted by molar-refractivity contribution is 6.32. The minimum Gasteiger partial charge on any atom is -0.485 e. The molecule has 0 amide bonds. The Morgan fingerprint density at radius 1 is 1.59 bits per heavy atom. The lowest BCUT2D eigenvalue weighted by Gasteiger charge is -2.07. The molecular formula is C9H7ClFNO5. The Bertz CT molecular complexity index is 465. The van der Waals surface area contributed by atoms with E-state index in [0.29, 0.717) is 0 Å². The van der Waals surface area contributed by atoms with Crippen molar-refractivity contribution in [2.24, 2.45) is 0 Å². The van der Waals surface area contributed by atoms with Gasteiger partial charge in [0.1, 0.15) is 10.8 Å². The molecule has 1 rings (SSSR count). The number of nitro groups is 1. The van der Waals surface area contributed by atoms with Crippen molar-refractivity contribution in [1.82, 2.24) is 0 Å². The molecule has 0 spiro atoms. The van der Waals surface area contributed by atoms with E-state index >= 15 is 0 Å². The van der Waals surface area contributed by atoms with Gasteiger partial charge in [0.15, 0.2) is 0 Å². The largest absolute Gasteiger partial charge is 0.485 e. The number of ether oxygens (including phenoxy) is 1. The van der Waals surface area contributed by atoms with Gasteiger partial charge in [-0.05, 0) is 6.07 Å². The van der Waals surface area contributed by atoms with Crippen LogP contribution in [0.5, 0.6) is 5.75 Å². The third-order valence-corrected chi connectivity index (χ3v) is 2.14. The van der Waals surface area contributed by atoms with Crippen LogP contribution in [-0.4, -0.2) is 22.6 Å². The molecule has 92 valence electrons. The van der Waals surface area contributed by atoms with E-state index in [1.165, 1.54) is 0 Å². The molecule has 0 radical (unpaired) electrons. The van der Waals surface area contributed by atoms with Gasteiger partial charge in [-0.1, -0.05) is 11.6 Å². The van der Waals surface area contributed by atoms with Crippen molar-refractivity contribution >= 4 is 23.3 Å². The molecule has 1 aromatic carbocycles. The van der Waals surface area contributed by atoms with Gasteiger partial charge < -0.3 is 9.84 Å². The molecule has 0 aliphatic rings. The first kappa shape index (κ1) is 13.2. The zero-order chi connectivity index (χ0) is 13.0. The van der Waals surface area contributed by atoms with Gasteiger partial charge in [0.25, 0.3) is 0 Å². The Morgan fingerprint density at radius 3 is 2.76 bits per heavy atom.